The van der Waals surface area contributed by atoms with Gasteiger partial charge in [0.25, 0.3) is 0 Å². The van der Waals surface area contributed by atoms with E-state index in [1.807, 2.05) is 55.5 Å². The maximum atomic E-state index is 12.0. The second-order valence-electron chi connectivity index (χ2n) is 6.46. The standard InChI is InChI=1S/C21H23N3O4S/c1-14-7-4-5-10-19(14)28-12-11-27-18-9-6-8-17(13-18)20-24(16(3)26)23-21(29-20)22-15(2)25/h4-10,13,20H,11-12H2,1-3H3,(H,22,23,25). The van der Waals surface area contributed by atoms with E-state index < -0.39 is 0 Å². The van der Waals surface area contributed by atoms with E-state index in [4.69, 9.17) is 9.47 Å². The number of amidine groups is 1. The van der Waals surface area contributed by atoms with Gasteiger partial charge in [0.15, 0.2) is 5.17 Å². The minimum atomic E-state index is -0.360. The molecule has 0 aromatic heterocycles. The number of carbonyl (C=O) groups is 2. The van der Waals surface area contributed by atoms with Crippen molar-refractivity contribution >= 4 is 28.7 Å². The summed E-state index contributed by atoms with van der Waals surface area (Å²) in [7, 11) is 0. The fourth-order valence-electron chi connectivity index (χ4n) is 2.77. The number of ether oxygens (including phenoxy) is 2. The summed E-state index contributed by atoms with van der Waals surface area (Å²) in [4.78, 5) is 23.3. The van der Waals surface area contributed by atoms with E-state index in [9.17, 15) is 9.59 Å². The number of benzene rings is 2. The fraction of sp³-hybridized carbons (Fsp3) is 0.286. The van der Waals surface area contributed by atoms with E-state index in [1.165, 1.54) is 30.6 Å². The Bertz CT molecular complexity index is 932. The third-order valence-electron chi connectivity index (χ3n) is 4.10. The molecule has 1 aliphatic heterocycles. The van der Waals surface area contributed by atoms with Crippen LogP contribution in [0.2, 0.25) is 0 Å². The van der Waals surface area contributed by atoms with Crippen molar-refractivity contribution in [2.75, 3.05) is 13.2 Å². The zero-order valence-corrected chi connectivity index (χ0v) is 17.4. The van der Waals surface area contributed by atoms with Crippen LogP contribution in [0.4, 0.5) is 0 Å². The Kier molecular flexibility index (Phi) is 6.77. The van der Waals surface area contributed by atoms with Crippen molar-refractivity contribution in [3.63, 3.8) is 0 Å². The maximum Gasteiger partial charge on any atom is 0.241 e. The first-order valence-corrected chi connectivity index (χ1v) is 10.1. The van der Waals surface area contributed by atoms with Gasteiger partial charge in [-0.05, 0) is 36.2 Å². The predicted molar refractivity (Wildman–Crippen MR) is 113 cm³/mol. The first-order chi connectivity index (χ1) is 13.9. The molecule has 0 bridgehead atoms. The van der Waals surface area contributed by atoms with Crippen molar-refractivity contribution < 1.29 is 19.1 Å². The molecule has 2 aromatic carbocycles. The van der Waals surface area contributed by atoms with Crippen LogP contribution in [-0.4, -0.2) is 35.2 Å². The van der Waals surface area contributed by atoms with Gasteiger partial charge >= 0.3 is 0 Å². The van der Waals surface area contributed by atoms with Gasteiger partial charge in [-0.25, -0.2) is 5.01 Å². The number of hydrogen-bond donors (Lipinski definition) is 1. The van der Waals surface area contributed by atoms with Crippen LogP contribution in [-0.2, 0) is 9.59 Å². The third-order valence-corrected chi connectivity index (χ3v) is 5.20. The molecule has 0 saturated carbocycles. The normalized spacial score (nSPS) is 15.6. The zero-order chi connectivity index (χ0) is 20.8. The number of carbonyl (C=O) groups excluding carboxylic acids is 2. The molecule has 2 aromatic rings. The molecule has 7 nitrogen and oxygen atoms in total. The highest BCUT2D eigenvalue weighted by atomic mass is 32.2. The second-order valence-corrected chi connectivity index (χ2v) is 7.52. The monoisotopic (exact) mass is 413 g/mol. The quantitative estimate of drug-likeness (QED) is 0.734. The Balaban J connectivity index is 1.61. The minimum Gasteiger partial charge on any atom is -0.490 e. The van der Waals surface area contributed by atoms with Gasteiger partial charge < -0.3 is 14.8 Å². The second kappa shape index (κ2) is 9.47. The predicted octanol–water partition coefficient (Wildman–Crippen LogP) is 3.45. The number of thioether (sulfide) groups is 1. The van der Waals surface area contributed by atoms with E-state index in [0.717, 1.165) is 16.9 Å². The lowest BCUT2D eigenvalue weighted by molar-refractivity contribution is -0.129. The molecule has 1 aliphatic rings. The van der Waals surface area contributed by atoms with Crippen LogP contribution < -0.4 is 14.8 Å². The molecular formula is C21H23N3O4S. The molecule has 152 valence electrons. The van der Waals surface area contributed by atoms with E-state index >= 15 is 0 Å². The average Bonchev–Trinajstić information content (AvgIpc) is 3.10. The summed E-state index contributed by atoms with van der Waals surface area (Å²) in [6.07, 6.45) is 0. The molecule has 1 heterocycles. The summed E-state index contributed by atoms with van der Waals surface area (Å²) in [6.45, 7) is 5.65. The molecule has 0 saturated heterocycles. The number of hydrogen-bond acceptors (Lipinski definition) is 6. The van der Waals surface area contributed by atoms with Crippen molar-refractivity contribution in [1.82, 2.24) is 10.3 Å². The molecule has 0 aliphatic carbocycles. The van der Waals surface area contributed by atoms with Crippen molar-refractivity contribution in [1.29, 1.82) is 0 Å². The lowest BCUT2D eigenvalue weighted by Gasteiger charge is -2.19. The molecule has 1 N–H and O–H groups in total. The highest BCUT2D eigenvalue weighted by Gasteiger charge is 2.32. The number of para-hydroxylation sites is 1. The Hall–Kier alpha value is -3.00. The summed E-state index contributed by atoms with van der Waals surface area (Å²) in [6, 6.07) is 15.3. The summed E-state index contributed by atoms with van der Waals surface area (Å²) in [5.41, 5.74) is 1.93. The van der Waals surface area contributed by atoms with Crippen molar-refractivity contribution in [2.24, 2.45) is 5.10 Å². The van der Waals surface area contributed by atoms with Crippen molar-refractivity contribution in [2.45, 2.75) is 26.1 Å². The maximum absolute atomic E-state index is 12.0. The number of amides is 2. The van der Waals surface area contributed by atoms with Crippen molar-refractivity contribution in [3.05, 3.63) is 59.7 Å². The lowest BCUT2D eigenvalue weighted by Crippen LogP contribution is -2.25. The summed E-state index contributed by atoms with van der Waals surface area (Å²) in [5.74, 6) is 1.08. The van der Waals surface area contributed by atoms with Crippen LogP contribution in [0.3, 0.4) is 0 Å². The largest absolute Gasteiger partial charge is 0.490 e. The molecule has 29 heavy (non-hydrogen) atoms. The minimum absolute atomic E-state index is 0.208. The van der Waals surface area contributed by atoms with Gasteiger partial charge in [0.1, 0.15) is 30.1 Å². The molecule has 3 rings (SSSR count). The van der Waals surface area contributed by atoms with Gasteiger partial charge in [0.05, 0.1) is 0 Å². The number of hydrazone groups is 1. The molecular weight excluding hydrogens is 390 g/mol. The Morgan fingerprint density at radius 3 is 2.59 bits per heavy atom. The van der Waals surface area contributed by atoms with Gasteiger partial charge in [-0.2, -0.15) is 0 Å². The fourth-order valence-corrected chi connectivity index (χ4v) is 3.89. The Morgan fingerprint density at radius 2 is 1.86 bits per heavy atom. The van der Waals surface area contributed by atoms with Crippen LogP contribution in [0.1, 0.15) is 30.3 Å². The molecule has 0 spiro atoms. The first kappa shape index (κ1) is 20.7. The number of nitrogens with zero attached hydrogens (tertiary/aromatic N) is 2. The highest BCUT2D eigenvalue weighted by Crippen LogP contribution is 2.39. The third kappa shape index (κ3) is 5.51. The average molecular weight is 413 g/mol. The lowest BCUT2D eigenvalue weighted by atomic mass is 10.2. The molecule has 1 atom stereocenters. The smallest absolute Gasteiger partial charge is 0.241 e. The topological polar surface area (TPSA) is 80.2 Å². The molecule has 0 radical (unpaired) electrons. The van der Waals surface area contributed by atoms with E-state index in [2.05, 4.69) is 10.4 Å². The van der Waals surface area contributed by atoms with Gasteiger partial charge in [-0.3, -0.25) is 9.59 Å². The van der Waals surface area contributed by atoms with E-state index in [0.29, 0.717) is 24.1 Å². The van der Waals surface area contributed by atoms with Crippen LogP contribution in [0.15, 0.2) is 53.6 Å². The number of aryl methyl sites for hydroxylation is 1. The SMILES string of the molecule is CC(=O)NC1=NN(C(C)=O)C(c2cccc(OCCOc3ccccc3C)c2)S1. The van der Waals surface area contributed by atoms with Gasteiger partial charge in [-0.15, -0.1) is 5.10 Å². The zero-order valence-electron chi connectivity index (χ0n) is 16.5. The van der Waals surface area contributed by atoms with E-state index in [1.54, 1.807) is 0 Å². The summed E-state index contributed by atoms with van der Waals surface area (Å²) in [5, 5.41) is 8.23. The van der Waals surface area contributed by atoms with Gasteiger partial charge in [0, 0.05) is 13.8 Å². The highest BCUT2D eigenvalue weighted by molar-refractivity contribution is 8.14. The Morgan fingerprint density at radius 1 is 1.10 bits per heavy atom. The van der Waals surface area contributed by atoms with Crippen LogP contribution in [0, 0.1) is 6.92 Å². The van der Waals surface area contributed by atoms with Crippen molar-refractivity contribution in [3.8, 4) is 11.5 Å². The molecule has 0 fully saturated rings. The summed E-state index contributed by atoms with van der Waals surface area (Å²) >= 11 is 1.31. The molecule has 8 heteroatoms. The van der Waals surface area contributed by atoms with Crippen LogP contribution >= 0.6 is 11.8 Å². The van der Waals surface area contributed by atoms with Gasteiger partial charge in [-0.1, -0.05) is 42.1 Å². The number of rotatable bonds is 6. The van der Waals surface area contributed by atoms with Crippen LogP contribution in [0.5, 0.6) is 11.5 Å². The molecule has 1 unspecified atom stereocenters. The first-order valence-electron chi connectivity index (χ1n) is 9.18. The number of nitrogens with one attached hydrogen (secondary N) is 1. The Labute approximate surface area is 174 Å². The van der Waals surface area contributed by atoms with Crippen LogP contribution in [0.25, 0.3) is 0 Å². The molecule has 2 amide bonds. The van der Waals surface area contributed by atoms with E-state index in [-0.39, 0.29) is 17.2 Å². The summed E-state index contributed by atoms with van der Waals surface area (Å²) < 4.78 is 11.6. The van der Waals surface area contributed by atoms with Gasteiger partial charge in [0.2, 0.25) is 11.8 Å².